The van der Waals surface area contributed by atoms with Crippen molar-refractivity contribution >= 4 is 23.5 Å². The number of non-ortho nitro benzene ring substituents is 1. The number of benzene rings is 2. The second kappa shape index (κ2) is 7.27. The van der Waals surface area contributed by atoms with Crippen molar-refractivity contribution in [2.45, 2.75) is 18.9 Å². The zero-order valence-corrected chi connectivity index (χ0v) is 13.3. The molecule has 0 spiro atoms. The van der Waals surface area contributed by atoms with Gasteiger partial charge in [0, 0.05) is 30.9 Å². The summed E-state index contributed by atoms with van der Waals surface area (Å²) in [5.74, 6) is 0. The molecule has 0 atom stereocenters. The van der Waals surface area contributed by atoms with Gasteiger partial charge in [-0.1, -0.05) is 24.3 Å². The molecule has 1 aliphatic rings. The van der Waals surface area contributed by atoms with Gasteiger partial charge in [0.2, 0.25) is 0 Å². The van der Waals surface area contributed by atoms with E-state index in [4.69, 9.17) is 0 Å². The molecule has 1 aliphatic heterocycles. The maximum absolute atomic E-state index is 10.6. The van der Waals surface area contributed by atoms with E-state index in [1.54, 1.807) is 12.1 Å². The molecule has 1 fully saturated rings. The molecule has 5 heteroatoms. The quantitative estimate of drug-likeness (QED) is 0.529. The molecule has 0 aromatic heterocycles. The van der Waals surface area contributed by atoms with Gasteiger partial charge in [0.15, 0.2) is 0 Å². The van der Waals surface area contributed by atoms with Gasteiger partial charge in [-0.3, -0.25) is 10.1 Å². The van der Waals surface area contributed by atoms with E-state index >= 15 is 0 Å². The van der Waals surface area contributed by atoms with E-state index in [0.29, 0.717) is 0 Å². The van der Waals surface area contributed by atoms with Crippen LogP contribution >= 0.6 is 0 Å². The van der Waals surface area contributed by atoms with Crippen molar-refractivity contribution in [1.82, 2.24) is 0 Å². The molecule has 0 amide bonds. The second-order valence-electron chi connectivity index (χ2n) is 5.99. The Labute approximate surface area is 141 Å². The lowest BCUT2D eigenvalue weighted by Gasteiger charge is -2.31. The zero-order chi connectivity index (χ0) is 16.9. The number of nitro groups is 1. The number of rotatable bonds is 4. The van der Waals surface area contributed by atoms with E-state index in [2.05, 4.69) is 29.2 Å². The average Bonchev–Trinajstić information content (AvgIpc) is 2.61. The molecule has 5 nitrogen and oxygen atoms in total. The molecule has 2 aromatic rings. The summed E-state index contributed by atoms with van der Waals surface area (Å²) in [6.45, 7) is 1.78. The minimum absolute atomic E-state index is 0.100. The fourth-order valence-electron chi connectivity index (χ4n) is 2.82. The van der Waals surface area contributed by atoms with Crippen LogP contribution in [0.5, 0.6) is 0 Å². The molecule has 0 unspecified atom stereocenters. The van der Waals surface area contributed by atoms with Crippen LogP contribution in [0.15, 0.2) is 48.5 Å². The first-order valence-corrected chi connectivity index (χ1v) is 8.07. The SMILES string of the molecule is O=[N+]([O-])c1ccc(/C=C/c2ccc(N3CCC(O)CC3)cc2)cc1. The van der Waals surface area contributed by atoms with Crippen molar-refractivity contribution < 1.29 is 10.0 Å². The van der Waals surface area contributed by atoms with Gasteiger partial charge in [0.1, 0.15) is 0 Å². The molecule has 2 aromatic carbocycles. The molecular formula is C19H20N2O3. The second-order valence-corrected chi connectivity index (χ2v) is 5.99. The highest BCUT2D eigenvalue weighted by Crippen LogP contribution is 2.21. The highest BCUT2D eigenvalue weighted by atomic mass is 16.6. The first-order valence-electron chi connectivity index (χ1n) is 8.07. The van der Waals surface area contributed by atoms with E-state index in [9.17, 15) is 15.2 Å². The summed E-state index contributed by atoms with van der Waals surface area (Å²) in [7, 11) is 0. The third kappa shape index (κ3) is 4.00. The van der Waals surface area contributed by atoms with E-state index < -0.39 is 4.92 Å². The minimum atomic E-state index is -0.397. The molecular weight excluding hydrogens is 304 g/mol. The highest BCUT2D eigenvalue weighted by molar-refractivity contribution is 5.71. The third-order valence-electron chi connectivity index (χ3n) is 4.29. The van der Waals surface area contributed by atoms with Crippen LogP contribution < -0.4 is 4.90 Å². The maximum atomic E-state index is 10.6. The fraction of sp³-hybridized carbons (Fsp3) is 0.263. The molecule has 0 aliphatic carbocycles. The van der Waals surface area contributed by atoms with Gasteiger partial charge < -0.3 is 10.0 Å². The number of hydrogen-bond acceptors (Lipinski definition) is 4. The van der Waals surface area contributed by atoms with Gasteiger partial charge in [-0.05, 0) is 48.2 Å². The first kappa shape index (κ1) is 16.2. The van der Waals surface area contributed by atoms with E-state index in [1.165, 1.54) is 17.8 Å². The maximum Gasteiger partial charge on any atom is 0.269 e. The molecule has 1 saturated heterocycles. The molecule has 124 valence electrons. The largest absolute Gasteiger partial charge is 0.393 e. The number of nitro benzene ring substituents is 1. The summed E-state index contributed by atoms with van der Waals surface area (Å²) < 4.78 is 0. The first-order chi connectivity index (χ1) is 11.6. The Kier molecular flexibility index (Phi) is 4.91. The number of aliphatic hydroxyl groups excluding tert-OH is 1. The van der Waals surface area contributed by atoms with Crippen LogP contribution in [0, 0.1) is 10.1 Å². The minimum Gasteiger partial charge on any atom is -0.393 e. The van der Waals surface area contributed by atoms with Crippen LogP contribution in [0.25, 0.3) is 12.2 Å². The van der Waals surface area contributed by atoms with Crippen molar-refractivity contribution in [1.29, 1.82) is 0 Å². The predicted molar refractivity (Wildman–Crippen MR) is 95.9 cm³/mol. The normalized spacial score (nSPS) is 15.8. The topological polar surface area (TPSA) is 66.6 Å². The molecule has 24 heavy (non-hydrogen) atoms. The predicted octanol–water partition coefficient (Wildman–Crippen LogP) is 3.73. The summed E-state index contributed by atoms with van der Waals surface area (Å²) in [6.07, 6.45) is 5.41. The van der Waals surface area contributed by atoms with E-state index in [0.717, 1.165) is 37.1 Å². The van der Waals surface area contributed by atoms with Crippen molar-refractivity contribution in [3.05, 3.63) is 69.8 Å². The Morgan fingerprint density at radius 2 is 1.46 bits per heavy atom. The van der Waals surface area contributed by atoms with Gasteiger partial charge in [-0.15, -0.1) is 0 Å². The van der Waals surface area contributed by atoms with E-state index in [1.807, 2.05) is 12.2 Å². The Bertz CT molecular complexity index is 715. The molecule has 0 radical (unpaired) electrons. The van der Waals surface area contributed by atoms with Crippen molar-refractivity contribution in [3.63, 3.8) is 0 Å². The average molecular weight is 324 g/mol. The Hall–Kier alpha value is -2.66. The summed E-state index contributed by atoms with van der Waals surface area (Å²) in [4.78, 5) is 12.5. The van der Waals surface area contributed by atoms with Crippen LogP contribution in [-0.2, 0) is 0 Å². The van der Waals surface area contributed by atoms with Crippen molar-refractivity contribution in [2.24, 2.45) is 0 Å². The van der Waals surface area contributed by atoms with Crippen molar-refractivity contribution in [3.8, 4) is 0 Å². The van der Waals surface area contributed by atoms with Crippen LogP contribution in [0.2, 0.25) is 0 Å². The summed E-state index contributed by atoms with van der Waals surface area (Å²) in [5, 5.41) is 20.2. The van der Waals surface area contributed by atoms with Crippen LogP contribution in [0.4, 0.5) is 11.4 Å². The fourth-order valence-corrected chi connectivity index (χ4v) is 2.82. The smallest absolute Gasteiger partial charge is 0.269 e. The van der Waals surface area contributed by atoms with Gasteiger partial charge in [0.25, 0.3) is 5.69 Å². The zero-order valence-electron chi connectivity index (χ0n) is 13.3. The molecule has 0 saturated carbocycles. The standard InChI is InChI=1S/C19H20N2O3/c22-19-11-13-20(14-12-19)17-7-3-15(4-8-17)1-2-16-5-9-18(10-6-16)21(23)24/h1-10,19,22H,11-14H2/b2-1+. The number of anilines is 1. The third-order valence-corrected chi connectivity index (χ3v) is 4.29. The summed E-state index contributed by atoms with van der Waals surface area (Å²) >= 11 is 0. The molecule has 1 N–H and O–H groups in total. The Morgan fingerprint density at radius 3 is 1.96 bits per heavy atom. The van der Waals surface area contributed by atoms with Gasteiger partial charge >= 0.3 is 0 Å². The van der Waals surface area contributed by atoms with Gasteiger partial charge in [0.05, 0.1) is 11.0 Å². The number of aliphatic hydroxyl groups is 1. The monoisotopic (exact) mass is 324 g/mol. The lowest BCUT2D eigenvalue weighted by Crippen LogP contribution is -2.35. The number of nitrogens with zero attached hydrogens (tertiary/aromatic N) is 2. The van der Waals surface area contributed by atoms with Gasteiger partial charge in [-0.25, -0.2) is 0 Å². The molecule has 3 rings (SSSR count). The van der Waals surface area contributed by atoms with Crippen LogP contribution in [0.3, 0.4) is 0 Å². The van der Waals surface area contributed by atoms with Crippen LogP contribution in [-0.4, -0.2) is 29.2 Å². The summed E-state index contributed by atoms with van der Waals surface area (Å²) in [6, 6.07) is 14.8. The summed E-state index contributed by atoms with van der Waals surface area (Å²) in [5.41, 5.74) is 3.28. The lowest BCUT2D eigenvalue weighted by atomic mass is 10.1. The van der Waals surface area contributed by atoms with E-state index in [-0.39, 0.29) is 11.8 Å². The molecule has 0 bridgehead atoms. The highest BCUT2D eigenvalue weighted by Gasteiger charge is 2.16. The molecule has 1 heterocycles. The lowest BCUT2D eigenvalue weighted by molar-refractivity contribution is -0.384. The van der Waals surface area contributed by atoms with Crippen molar-refractivity contribution in [2.75, 3.05) is 18.0 Å². The van der Waals surface area contributed by atoms with Crippen LogP contribution in [0.1, 0.15) is 24.0 Å². The number of hydrogen-bond donors (Lipinski definition) is 1. The Balaban J connectivity index is 1.64. The van der Waals surface area contributed by atoms with Gasteiger partial charge in [-0.2, -0.15) is 0 Å². The number of piperidine rings is 1. The Morgan fingerprint density at radius 1 is 0.958 bits per heavy atom.